The molecule has 9 nitrogen and oxygen atoms in total. The third-order valence-electron chi connectivity index (χ3n) is 23.4. The zero-order chi connectivity index (χ0) is 76.7. The normalized spacial score (nSPS) is 12.5. The summed E-state index contributed by atoms with van der Waals surface area (Å²) in [5.41, 5.74) is 24.0. The lowest BCUT2D eigenvalue weighted by Gasteiger charge is -2.21. The quantitative estimate of drug-likeness (QED) is 0.134. The Labute approximate surface area is 674 Å². The monoisotopic (exact) mass is 1520 g/mol. The molecule has 7 heterocycles. The molecule has 0 aliphatic heterocycles. The van der Waals surface area contributed by atoms with Crippen molar-refractivity contribution in [1.29, 1.82) is 0 Å². The van der Waals surface area contributed by atoms with Crippen molar-refractivity contribution in [2.24, 2.45) is 0 Å². The Morgan fingerprint density at radius 2 is 0.586 bits per heavy atom. The number of furan rings is 1. The number of thiophene rings is 2. The summed E-state index contributed by atoms with van der Waals surface area (Å²) in [7, 11) is 0. The van der Waals surface area contributed by atoms with Gasteiger partial charge in [0.2, 0.25) is 0 Å². The second-order valence-electron chi connectivity index (χ2n) is 30.4. The molecule has 1 aliphatic carbocycles. The van der Waals surface area contributed by atoms with Crippen molar-refractivity contribution in [3.63, 3.8) is 0 Å². The van der Waals surface area contributed by atoms with Gasteiger partial charge in [-0.15, -0.1) is 22.7 Å². The highest BCUT2D eigenvalue weighted by Gasteiger charge is 2.36. The molecule has 0 bridgehead atoms. The van der Waals surface area contributed by atoms with E-state index in [1.165, 1.54) is 117 Å². The Morgan fingerprint density at radius 1 is 0.233 bits per heavy atom. The molecule has 0 fully saturated rings. The van der Waals surface area contributed by atoms with Gasteiger partial charge in [-0.1, -0.05) is 257 Å². The van der Waals surface area contributed by atoms with Crippen LogP contribution in [-0.2, 0) is 5.41 Å². The van der Waals surface area contributed by atoms with Crippen LogP contribution < -0.4 is 0 Å². The third kappa shape index (κ3) is 11.0. The van der Waals surface area contributed by atoms with E-state index in [1.54, 1.807) is 0 Å². The standard InChI is InChI=1S/C54H36N4S.C51H30N4OS/c1-54(2)44-19-9-6-15-39(44)40-29-26-36(31-45(40)54)53-56-51(33-13-4-3-5-14-33)55-52(57-53)34-23-27-37(28-24-34)58-46-20-10-7-16-41(46)42-30-25-35(32-47(42)58)38-18-12-22-49-50(38)43-17-8-11-21-48(43)59-49;1-2-11-31(12-3-1)49-52-50(54-51(53-49)34-24-28-40-39-14-5-8-18-44(39)56-45(40)30-34)32-21-25-35(26-22-32)55-42-17-7-4-13-37(42)38-27-23-33(29-43(38)55)36-16-10-20-47-48(36)41-15-6-9-19-46(41)57-47/h3-32H,1-2H3;1-30H. The maximum atomic E-state index is 6.25. The van der Waals surface area contributed by atoms with E-state index in [9.17, 15) is 0 Å². The molecule has 0 spiro atoms. The molecule has 0 saturated carbocycles. The minimum atomic E-state index is -0.130. The highest BCUT2D eigenvalue weighted by atomic mass is 32.1. The predicted octanol–water partition coefficient (Wildman–Crippen LogP) is 28.2. The van der Waals surface area contributed by atoms with Crippen LogP contribution in [0.25, 0.3) is 219 Å². The molecule has 0 unspecified atom stereocenters. The first kappa shape index (κ1) is 67.1. The van der Waals surface area contributed by atoms with Crippen LogP contribution in [-0.4, -0.2) is 39.0 Å². The molecule has 16 aromatic carbocycles. The number of hydrogen-bond acceptors (Lipinski definition) is 9. The molecule has 0 radical (unpaired) electrons. The summed E-state index contributed by atoms with van der Waals surface area (Å²) in [5, 5.41) is 12.3. The van der Waals surface area contributed by atoms with E-state index in [0.29, 0.717) is 34.9 Å². The number of rotatable bonds is 10. The summed E-state index contributed by atoms with van der Waals surface area (Å²) >= 11 is 3.71. The fourth-order valence-corrected chi connectivity index (χ4v) is 20.1. The number of hydrogen-bond donors (Lipinski definition) is 0. The fourth-order valence-electron chi connectivity index (χ4n) is 17.8. The summed E-state index contributed by atoms with van der Waals surface area (Å²) in [6.07, 6.45) is 0. The average Bonchev–Trinajstić information content (AvgIpc) is 1.60. The maximum absolute atomic E-state index is 6.25. The van der Waals surface area contributed by atoms with E-state index in [0.717, 1.165) is 77.7 Å². The predicted molar refractivity (Wildman–Crippen MR) is 482 cm³/mol. The number of nitrogens with zero attached hydrogens (tertiary/aromatic N) is 8. The molecule has 544 valence electrons. The van der Waals surface area contributed by atoms with Crippen LogP contribution in [0.1, 0.15) is 25.0 Å². The molecule has 0 N–H and O–H groups in total. The molecule has 1 aliphatic rings. The molecule has 0 amide bonds. The highest BCUT2D eigenvalue weighted by Crippen LogP contribution is 2.51. The van der Waals surface area contributed by atoms with Crippen molar-refractivity contribution < 1.29 is 4.42 Å². The molecular formula is C105H66N8OS2. The van der Waals surface area contributed by atoms with Crippen molar-refractivity contribution in [2.45, 2.75) is 19.3 Å². The van der Waals surface area contributed by atoms with E-state index in [1.807, 2.05) is 95.5 Å². The molecule has 23 aromatic rings. The molecule has 24 rings (SSSR count). The Hall–Kier alpha value is -14.6. The lowest BCUT2D eigenvalue weighted by atomic mass is 9.82. The van der Waals surface area contributed by atoms with Crippen LogP contribution in [0.5, 0.6) is 0 Å². The summed E-state index contributed by atoms with van der Waals surface area (Å²) in [6.45, 7) is 4.61. The summed E-state index contributed by atoms with van der Waals surface area (Å²) in [5.74, 6) is 3.78. The van der Waals surface area contributed by atoms with Crippen molar-refractivity contribution in [1.82, 2.24) is 39.0 Å². The van der Waals surface area contributed by atoms with Crippen molar-refractivity contribution >= 4 is 129 Å². The van der Waals surface area contributed by atoms with E-state index >= 15 is 0 Å². The van der Waals surface area contributed by atoms with Crippen LogP contribution in [0.15, 0.2) is 368 Å². The fraction of sp³-hybridized carbons (Fsp3) is 0.0286. The smallest absolute Gasteiger partial charge is 0.164 e. The third-order valence-corrected chi connectivity index (χ3v) is 25.6. The van der Waals surface area contributed by atoms with Crippen LogP contribution in [0.4, 0.5) is 0 Å². The van der Waals surface area contributed by atoms with Gasteiger partial charge in [-0.2, -0.15) is 0 Å². The SMILES string of the molecule is CC1(C)c2ccccc2-c2ccc(-c3nc(-c4ccccc4)nc(-c4ccc(-n5c6ccccc6c6ccc(-c7cccc8sc9ccccc9c78)cc65)cc4)n3)cc21.c1ccc(-c2nc(-c3ccc(-n4c5ccccc5c5ccc(-c6cccc7sc8ccccc8c67)cc54)cc3)nc(-c3ccc4c(c3)oc3ccccc34)n2)cc1. The van der Waals surface area contributed by atoms with Crippen LogP contribution in [0.3, 0.4) is 0 Å². The Kier molecular flexibility index (Phi) is 15.5. The van der Waals surface area contributed by atoms with Crippen LogP contribution >= 0.6 is 22.7 Å². The lowest BCUT2D eigenvalue weighted by Crippen LogP contribution is -2.15. The van der Waals surface area contributed by atoms with Gasteiger partial charge in [0.1, 0.15) is 11.2 Å². The van der Waals surface area contributed by atoms with Gasteiger partial charge in [0.25, 0.3) is 0 Å². The minimum Gasteiger partial charge on any atom is -0.456 e. The van der Waals surface area contributed by atoms with Gasteiger partial charge in [-0.3, -0.25) is 0 Å². The minimum absolute atomic E-state index is 0.130. The van der Waals surface area contributed by atoms with E-state index in [2.05, 4.69) is 314 Å². The average molecular weight is 1520 g/mol. The first-order valence-corrected chi connectivity index (χ1v) is 40.8. The first-order chi connectivity index (χ1) is 57.2. The topological polar surface area (TPSA) is 100 Å². The second kappa shape index (κ2) is 26.8. The molecule has 116 heavy (non-hydrogen) atoms. The largest absolute Gasteiger partial charge is 0.456 e. The number of benzene rings is 16. The van der Waals surface area contributed by atoms with E-state index in [4.69, 9.17) is 34.3 Å². The second-order valence-corrected chi connectivity index (χ2v) is 32.6. The van der Waals surface area contributed by atoms with Gasteiger partial charge in [-0.05, 0) is 166 Å². The molecule has 7 aromatic heterocycles. The van der Waals surface area contributed by atoms with Crippen molar-refractivity contribution in [2.75, 3.05) is 0 Å². The van der Waals surface area contributed by atoms with Gasteiger partial charge in [0.15, 0.2) is 34.9 Å². The Bertz CT molecular complexity index is 7930. The molecular weight excluding hydrogens is 1450 g/mol. The van der Waals surface area contributed by atoms with Crippen LogP contribution in [0.2, 0.25) is 0 Å². The van der Waals surface area contributed by atoms with Gasteiger partial charge < -0.3 is 13.6 Å². The van der Waals surface area contributed by atoms with Gasteiger partial charge in [0.05, 0.1) is 22.1 Å². The van der Waals surface area contributed by atoms with Crippen molar-refractivity contribution in [3.8, 4) is 113 Å². The number of fused-ring (bicyclic) bond motifs is 18. The van der Waals surface area contributed by atoms with Gasteiger partial charge in [-0.25, -0.2) is 29.9 Å². The molecule has 0 saturated heterocycles. The van der Waals surface area contributed by atoms with Crippen molar-refractivity contribution in [3.05, 3.63) is 375 Å². The zero-order valence-corrected chi connectivity index (χ0v) is 64.6. The Morgan fingerprint density at radius 3 is 1.11 bits per heavy atom. The maximum Gasteiger partial charge on any atom is 0.164 e. The summed E-state index contributed by atoms with van der Waals surface area (Å²) in [4.78, 5) is 30.4. The first-order valence-electron chi connectivity index (χ1n) is 39.1. The summed E-state index contributed by atoms with van der Waals surface area (Å²) in [6, 6.07) is 129. The van der Waals surface area contributed by atoms with E-state index < -0.39 is 0 Å². The highest BCUT2D eigenvalue weighted by molar-refractivity contribution is 7.26. The van der Waals surface area contributed by atoms with E-state index in [-0.39, 0.29) is 5.41 Å². The van der Waals surface area contributed by atoms with Gasteiger partial charge in [0, 0.05) is 123 Å². The lowest BCUT2D eigenvalue weighted by molar-refractivity contribution is 0.660. The zero-order valence-electron chi connectivity index (χ0n) is 62.9. The number of para-hydroxylation sites is 3. The molecule has 0 atom stereocenters. The Balaban J connectivity index is 0.000000137. The molecule has 11 heteroatoms. The number of aromatic nitrogens is 8. The summed E-state index contributed by atoms with van der Waals surface area (Å²) < 4.78 is 16.2. The van der Waals surface area contributed by atoms with Gasteiger partial charge >= 0.3 is 0 Å². The van der Waals surface area contributed by atoms with Crippen LogP contribution in [0, 0.1) is 0 Å².